The molecule has 3 aromatic rings. The molecular weight excluding hydrogens is 330 g/mol. The number of hydrogen-bond acceptors (Lipinski definition) is 3. The minimum atomic E-state index is -0.279. The second-order valence-corrected chi connectivity index (χ2v) is 6.91. The summed E-state index contributed by atoms with van der Waals surface area (Å²) in [6.07, 6.45) is 3.74. The predicted molar refractivity (Wildman–Crippen MR) is 95.3 cm³/mol. The van der Waals surface area contributed by atoms with Gasteiger partial charge < -0.3 is 5.32 Å². The summed E-state index contributed by atoms with van der Waals surface area (Å²) in [7, 11) is 0. The third-order valence-corrected chi connectivity index (χ3v) is 5.07. The van der Waals surface area contributed by atoms with Gasteiger partial charge in [-0.25, -0.2) is 4.98 Å². The monoisotopic (exact) mass is 345 g/mol. The highest BCUT2D eigenvalue weighted by Gasteiger charge is 2.18. The normalized spacial score (nSPS) is 12.3. The van der Waals surface area contributed by atoms with Crippen LogP contribution in [0.5, 0.6) is 0 Å². The number of rotatable bonds is 4. The van der Waals surface area contributed by atoms with E-state index >= 15 is 0 Å². The summed E-state index contributed by atoms with van der Waals surface area (Å²) in [5.74, 6) is -0.0759. The molecule has 23 heavy (non-hydrogen) atoms. The molecule has 3 rings (SSSR count). The summed E-state index contributed by atoms with van der Waals surface area (Å²) < 4.78 is 1.97. The molecule has 0 saturated heterocycles. The smallest absolute Gasteiger partial charge is 0.237 e. The predicted octanol–water partition coefficient (Wildman–Crippen LogP) is 4.42. The number of thioether (sulfide) groups is 1. The van der Waals surface area contributed by atoms with Crippen molar-refractivity contribution in [1.82, 2.24) is 9.38 Å². The van der Waals surface area contributed by atoms with Gasteiger partial charge >= 0.3 is 0 Å². The second-order valence-electron chi connectivity index (χ2n) is 5.20. The van der Waals surface area contributed by atoms with Gasteiger partial charge in [0, 0.05) is 16.9 Å². The van der Waals surface area contributed by atoms with Crippen LogP contribution in [0.4, 0.5) is 5.69 Å². The quantitative estimate of drug-likeness (QED) is 0.712. The molecule has 0 radical (unpaired) electrons. The maximum Gasteiger partial charge on any atom is 0.237 e. The average Bonchev–Trinajstić information content (AvgIpc) is 2.95. The van der Waals surface area contributed by atoms with Crippen molar-refractivity contribution in [3.63, 3.8) is 0 Å². The van der Waals surface area contributed by atoms with Crippen molar-refractivity contribution in [1.29, 1.82) is 0 Å². The van der Waals surface area contributed by atoms with E-state index in [0.717, 1.165) is 21.9 Å². The fourth-order valence-electron chi connectivity index (χ4n) is 2.20. The third kappa shape index (κ3) is 3.35. The first-order valence-electron chi connectivity index (χ1n) is 7.21. The van der Waals surface area contributed by atoms with Gasteiger partial charge in [0.25, 0.3) is 0 Å². The molecule has 0 aliphatic carbocycles. The van der Waals surface area contributed by atoms with Gasteiger partial charge in [0.2, 0.25) is 5.91 Å². The topological polar surface area (TPSA) is 46.4 Å². The van der Waals surface area contributed by atoms with Crippen LogP contribution in [0.25, 0.3) is 5.52 Å². The summed E-state index contributed by atoms with van der Waals surface area (Å²) in [5.41, 5.74) is 2.61. The molecular formula is C17H16ClN3OS. The van der Waals surface area contributed by atoms with E-state index in [-0.39, 0.29) is 11.2 Å². The Kier molecular flexibility index (Phi) is 4.59. The van der Waals surface area contributed by atoms with Gasteiger partial charge in [-0.1, -0.05) is 35.5 Å². The number of benzene rings is 1. The van der Waals surface area contributed by atoms with Gasteiger partial charge in [-0.3, -0.25) is 9.20 Å². The number of carbonyl (C=O) groups is 1. The van der Waals surface area contributed by atoms with E-state index in [1.54, 1.807) is 12.3 Å². The van der Waals surface area contributed by atoms with E-state index in [2.05, 4.69) is 10.3 Å². The van der Waals surface area contributed by atoms with E-state index in [1.165, 1.54) is 11.8 Å². The number of halogens is 1. The Morgan fingerprint density at radius 2 is 2.13 bits per heavy atom. The van der Waals surface area contributed by atoms with Gasteiger partial charge in [0.15, 0.2) is 5.16 Å². The largest absolute Gasteiger partial charge is 0.325 e. The molecule has 4 nitrogen and oxygen atoms in total. The Morgan fingerprint density at radius 1 is 1.30 bits per heavy atom. The molecule has 0 bridgehead atoms. The molecule has 118 valence electrons. The number of nitrogens with one attached hydrogen (secondary N) is 1. The van der Waals surface area contributed by atoms with Crippen LogP contribution in [0.3, 0.4) is 0 Å². The number of nitrogens with zero attached hydrogens (tertiary/aromatic N) is 2. The standard InChI is InChI=1S/C17H16ClN3OS/c1-11-14(18)7-5-8-15(11)20-16(22)12(2)23-17-19-10-13-6-3-4-9-21(13)17/h3-10,12H,1-2H3,(H,20,22). The zero-order chi connectivity index (χ0) is 16.4. The van der Waals surface area contributed by atoms with Gasteiger partial charge in [0.05, 0.1) is 17.0 Å². The first-order valence-corrected chi connectivity index (χ1v) is 8.47. The molecule has 6 heteroatoms. The van der Waals surface area contributed by atoms with Crippen LogP contribution in [0.1, 0.15) is 12.5 Å². The lowest BCUT2D eigenvalue weighted by atomic mass is 10.2. The number of pyridine rings is 1. The fraction of sp³-hybridized carbons (Fsp3) is 0.176. The van der Waals surface area contributed by atoms with E-state index in [1.807, 2.05) is 54.8 Å². The summed E-state index contributed by atoms with van der Waals surface area (Å²) in [5, 5.41) is 4.09. The number of amides is 1. The van der Waals surface area contributed by atoms with Crippen molar-refractivity contribution in [2.24, 2.45) is 0 Å². The Balaban J connectivity index is 1.74. The molecule has 2 heterocycles. The summed E-state index contributed by atoms with van der Waals surface area (Å²) >= 11 is 7.51. The maximum atomic E-state index is 12.4. The van der Waals surface area contributed by atoms with Crippen LogP contribution in [-0.2, 0) is 4.79 Å². The van der Waals surface area contributed by atoms with Gasteiger partial charge in [-0.15, -0.1) is 0 Å². The Bertz CT molecular complexity index is 862. The Morgan fingerprint density at radius 3 is 2.96 bits per heavy atom. The van der Waals surface area contributed by atoms with Crippen LogP contribution in [-0.4, -0.2) is 20.5 Å². The number of carbonyl (C=O) groups excluding carboxylic acids is 1. The molecule has 1 atom stereocenters. The minimum absolute atomic E-state index is 0.0759. The molecule has 0 aliphatic rings. The highest BCUT2D eigenvalue weighted by Crippen LogP contribution is 2.26. The summed E-state index contributed by atoms with van der Waals surface area (Å²) in [4.78, 5) is 16.8. The molecule has 0 spiro atoms. The maximum absolute atomic E-state index is 12.4. The zero-order valence-electron chi connectivity index (χ0n) is 12.8. The number of imidazole rings is 1. The van der Waals surface area contributed by atoms with Crippen LogP contribution in [0, 0.1) is 6.92 Å². The van der Waals surface area contributed by atoms with E-state index in [9.17, 15) is 4.79 Å². The number of hydrogen-bond donors (Lipinski definition) is 1. The second kappa shape index (κ2) is 6.64. The first kappa shape index (κ1) is 15.9. The van der Waals surface area contributed by atoms with E-state index < -0.39 is 0 Å². The SMILES string of the molecule is Cc1c(Cl)cccc1NC(=O)C(C)Sc1ncc2ccccn12. The van der Waals surface area contributed by atoms with Crippen LogP contribution in [0.2, 0.25) is 5.02 Å². The summed E-state index contributed by atoms with van der Waals surface area (Å²) in [6, 6.07) is 11.4. The van der Waals surface area contributed by atoms with E-state index in [4.69, 9.17) is 11.6 Å². The molecule has 1 unspecified atom stereocenters. The zero-order valence-corrected chi connectivity index (χ0v) is 14.4. The van der Waals surface area contributed by atoms with Gasteiger partial charge in [0.1, 0.15) is 0 Å². The Hall–Kier alpha value is -1.98. The van der Waals surface area contributed by atoms with Gasteiger partial charge in [-0.2, -0.15) is 0 Å². The lowest BCUT2D eigenvalue weighted by Gasteiger charge is -2.13. The lowest BCUT2D eigenvalue weighted by molar-refractivity contribution is -0.115. The number of anilines is 1. The van der Waals surface area contributed by atoms with Gasteiger partial charge in [-0.05, 0) is 43.7 Å². The van der Waals surface area contributed by atoms with Crippen LogP contribution < -0.4 is 5.32 Å². The number of fused-ring (bicyclic) bond motifs is 1. The van der Waals surface area contributed by atoms with Crippen molar-refractivity contribution < 1.29 is 4.79 Å². The van der Waals surface area contributed by atoms with Crippen molar-refractivity contribution in [3.05, 3.63) is 59.4 Å². The third-order valence-electron chi connectivity index (χ3n) is 3.58. The average molecular weight is 346 g/mol. The molecule has 2 aromatic heterocycles. The fourth-order valence-corrected chi connectivity index (χ4v) is 3.25. The van der Waals surface area contributed by atoms with Crippen LogP contribution >= 0.6 is 23.4 Å². The van der Waals surface area contributed by atoms with Crippen molar-refractivity contribution in [2.45, 2.75) is 24.3 Å². The molecule has 0 aliphatic heterocycles. The van der Waals surface area contributed by atoms with Crippen molar-refractivity contribution >= 4 is 40.5 Å². The first-order chi connectivity index (χ1) is 11.1. The van der Waals surface area contributed by atoms with Crippen molar-refractivity contribution in [2.75, 3.05) is 5.32 Å². The molecule has 1 amide bonds. The summed E-state index contributed by atoms with van der Waals surface area (Å²) in [6.45, 7) is 3.75. The van der Waals surface area contributed by atoms with E-state index in [0.29, 0.717) is 5.02 Å². The Labute approximate surface area is 143 Å². The molecule has 1 aromatic carbocycles. The number of aromatic nitrogens is 2. The van der Waals surface area contributed by atoms with Crippen LogP contribution in [0.15, 0.2) is 53.9 Å². The lowest BCUT2D eigenvalue weighted by Crippen LogP contribution is -2.23. The van der Waals surface area contributed by atoms with Crippen molar-refractivity contribution in [3.8, 4) is 0 Å². The minimum Gasteiger partial charge on any atom is -0.325 e. The highest BCUT2D eigenvalue weighted by molar-refractivity contribution is 8.00. The molecule has 0 saturated carbocycles. The molecule has 0 fully saturated rings. The highest BCUT2D eigenvalue weighted by atomic mass is 35.5. The molecule has 1 N–H and O–H groups in total.